The number of para-hydroxylation sites is 3. The van der Waals surface area contributed by atoms with Gasteiger partial charge in [0.25, 0.3) is 17.7 Å². The van der Waals surface area contributed by atoms with Crippen LogP contribution in [0.1, 0.15) is 42.2 Å². The number of benzene rings is 6. The van der Waals surface area contributed by atoms with Gasteiger partial charge in [0.05, 0.1) is 12.7 Å². The standard InChI is InChI=1S/C40H33N5O5/c1-24-11-7-9-15-32(24)42-39(48)26-17-19-30-28(21-26)22-31(40(49)43-33-16-10-8-12-25(33)2)37(46)36(30)45-44-34-23-27(18-20-35(34)50-3)38(47)41-29-13-5-4-6-14-29/h4-23,46H,1-3H3,(H,41,47)(H,42,48)(H,43,49). The lowest BCUT2D eigenvalue weighted by atomic mass is 10.00. The maximum atomic E-state index is 13.6. The molecule has 0 bridgehead atoms. The monoisotopic (exact) mass is 663 g/mol. The molecule has 0 aliphatic heterocycles. The van der Waals surface area contributed by atoms with Crippen LogP contribution in [0.3, 0.4) is 0 Å². The van der Waals surface area contributed by atoms with Gasteiger partial charge in [0.2, 0.25) is 0 Å². The first kappa shape index (κ1) is 33.1. The number of phenolic OH excluding ortho intramolecular Hbond substituents is 1. The molecule has 0 heterocycles. The fraction of sp³-hybridized carbons (Fsp3) is 0.0750. The second-order valence-corrected chi connectivity index (χ2v) is 11.5. The van der Waals surface area contributed by atoms with Gasteiger partial charge in [0.1, 0.15) is 17.1 Å². The van der Waals surface area contributed by atoms with Crippen LogP contribution in [0.2, 0.25) is 0 Å². The zero-order valence-electron chi connectivity index (χ0n) is 27.5. The van der Waals surface area contributed by atoms with E-state index in [1.54, 1.807) is 54.6 Å². The number of nitrogens with zero attached hydrogens (tertiary/aromatic N) is 2. The largest absolute Gasteiger partial charge is 0.505 e. The molecular weight excluding hydrogens is 630 g/mol. The molecule has 4 N–H and O–H groups in total. The predicted molar refractivity (Wildman–Crippen MR) is 195 cm³/mol. The molecular formula is C40H33N5O5. The van der Waals surface area contributed by atoms with Crippen LogP contribution in [-0.4, -0.2) is 29.9 Å². The quantitative estimate of drug-likeness (QED) is 0.114. The van der Waals surface area contributed by atoms with Crippen LogP contribution < -0.4 is 20.7 Å². The lowest BCUT2D eigenvalue weighted by Crippen LogP contribution is -2.14. The summed E-state index contributed by atoms with van der Waals surface area (Å²) in [4.78, 5) is 40.0. The lowest BCUT2D eigenvalue weighted by molar-refractivity contribution is 0.101. The fourth-order valence-electron chi connectivity index (χ4n) is 5.34. The summed E-state index contributed by atoms with van der Waals surface area (Å²) in [6, 6.07) is 34.8. The van der Waals surface area contributed by atoms with Crippen LogP contribution in [0.5, 0.6) is 11.5 Å². The minimum Gasteiger partial charge on any atom is -0.505 e. The summed E-state index contributed by atoms with van der Waals surface area (Å²) in [6.07, 6.45) is 0. The Balaban J connectivity index is 1.41. The lowest BCUT2D eigenvalue weighted by Gasteiger charge is -2.14. The number of rotatable bonds is 9. The normalized spacial score (nSPS) is 10.9. The number of carbonyl (C=O) groups is 3. The number of aryl methyl sites for hydroxylation is 2. The summed E-state index contributed by atoms with van der Waals surface area (Å²) < 4.78 is 5.49. The van der Waals surface area contributed by atoms with Gasteiger partial charge >= 0.3 is 0 Å². The van der Waals surface area contributed by atoms with Crippen LogP contribution in [0.25, 0.3) is 10.8 Å². The van der Waals surface area contributed by atoms with Crippen molar-refractivity contribution >= 4 is 56.9 Å². The average molecular weight is 664 g/mol. The van der Waals surface area contributed by atoms with Crippen molar-refractivity contribution < 1.29 is 24.2 Å². The Hall–Kier alpha value is -6.81. The molecule has 0 aliphatic rings. The van der Waals surface area contributed by atoms with Crippen molar-refractivity contribution in [2.45, 2.75) is 13.8 Å². The number of fused-ring (bicyclic) bond motifs is 1. The third kappa shape index (κ3) is 7.19. The van der Waals surface area contributed by atoms with Crippen molar-refractivity contribution in [1.29, 1.82) is 0 Å². The molecule has 10 heteroatoms. The van der Waals surface area contributed by atoms with Crippen LogP contribution in [0.15, 0.2) is 132 Å². The number of hydrogen-bond donors (Lipinski definition) is 4. The van der Waals surface area contributed by atoms with E-state index in [0.717, 1.165) is 11.1 Å². The molecule has 0 spiro atoms. The number of methoxy groups -OCH3 is 1. The summed E-state index contributed by atoms with van der Waals surface area (Å²) >= 11 is 0. The second-order valence-electron chi connectivity index (χ2n) is 11.5. The number of ether oxygens (including phenoxy) is 1. The van der Waals surface area contributed by atoms with Crippen LogP contribution in [0.4, 0.5) is 28.4 Å². The topological polar surface area (TPSA) is 141 Å². The van der Waals surface area contributed by atoms with E-state index in [2.05, 4.69) is 26.2 Å². The predicted octanol–water partition coefficient (Wildman–Crippen LogP) is 9.34. The molecule has 0 atom stereocenters. The van der Waals surface area contributed by atoms with Crippen LogP contribution in [0, 0.1) is 13.8 Å². The molecule has 6 aromatic carbocycles. The number of phenols is 1. The molecule has 6 rings (SSSR count). The third-order valence-corrected chi connectivity index (χ3v) is 8.11. The number of azo groups is 1. The van der Waals surface area contributed by atoms with Gasteiger partial charge in [0.15, 0.2) is 5.75 Å². The Kier molecular flexibility index (Phi) is 9.62. The molecule has 0 radical (unpaired) electrons. The van der Waals surface area contributed by atoms with Crippen molar-refractivity contribution in [3.63, 3.8) is 0 Å². The SMILES string of the molecule is COc1ccc(C(=O)Nc2ccccc2)cc1N=Nc1c(O)c(C(=O)Nc2ccccc2C)cc2cc(C(=O)Nc3ccccc3C)ccc12. The fourth-order valence-corrected chi connectivity index (χ4v) is 5.34. The van der Waals surface area contributed by atoms with Gasteiger partial charge in [-0.15, -0.1) is 10.2 Å². The molecule has 0 aromatic heterocycles. The molecule has 248 valence electrons. The highest BCUT2D eigenvalue weighted by molar-refractivity contribution is 6.13. The molecule has 0 saturated heterocycles. The van der Waals surface area contributed by atoms with E-state index in [9.17, 15) is 19.5 Å². The number of hydrogen-bond acceptors (Lipinski definition) is 7. The molecule has 0 fully saturated rings. The molecule has 6 aromatic rings. The van der Waals surface area contributed by atoms with Crippen LogP contribution in [-0.2, 0) is 0 Å². The maximum absolute atomic E-state index is 13.6. The van der Waals surface area contributed by atoms with Gasteiger partial charge in [-0.25, -0.2) is 0 Å². The summed E-state index contributed by atoms with van der Waals surface area (Å²) in [7, 11) is 1.46. The average Bonchev–Trinajstić information content (AvgIpc) is 3.13. The summed E-state index contributed by atoms with van der Waals surface area (Å²) in [5.41, 5.74) is 4.36. The molecule has 0 aliphatic carbocycles. The zero-order chi connectivity index (χ0) is 35.2. The molecule has 0 unspecified atom stereocenters. The van der Waals surface area contributed by atoms with E-state index in [-0.39, 0.29) is 28.8 Å². The number of aromatic hydroxyl groups is 1. The molecule has 0 saturated carbocycles. The number of nitrogens with one attached hydrogen (secondary N) is 3. The molecule has 3 amide bonds. The van der Waals surface area contributed by atoms with Gasteiger partial charge in [0, 0.05) is 33.6 Å². The Labute approximate surface area is 288 Å². The molecule has 10 nitrogen and oxygen atoms in total. The number of anilines is 3. The van der Waals surface area contributed by atoms with Gasteiger partial charge in [-0.05, 0) is 91.0 Å². The van der Waals surface area contributed by atoms with Crippen molar-refractivity contribution in [1.82, 2.24) is 0 Å². The van der Waals surface area contributed by atoms with Crippen molar-refractivity contribution in [2.24, 2.45) is 10.2 Å². The number of carbonyl (C=O) groups excluding carboxylic acids is 3. The first-order valence-electron chi connectivity index (χ1n) is 15.7. The van der Waals surface area contributed by atoms with Crippen molar-refractivity contribution in [3.05, 3.63) is 149 Å². The zero-order valence-corrected chi connectivity index (χ0v) is 27.5. The van der Waals surface area contributed by atoms with Gasteiger partial charge in [-0.2, -0.15) is 0 Å². The third-order valence-electron chi connectivity index (χ3n) is 8.11. The Bertz CT molecular complexity index is 2280. The minimum absolute atomic E-state index is 0.00973. The Morgan fingerprint density at radius 2 is 1.20 bits per heavy atom. The smallest absolute Gasteiger partial charge is 0.259 e. The Morgan fingerprint density at radius 1 is 0.620 bits per heavy atom. The second kappa shape index (κ2) is 14.5. The molecule has 50 heavy (non-hydrogen) atoms. The van der Waals surface area contributed by atoms with Crippen LogP contribution >= 0.6 is 0 Å². The van der Waals surface area contributed by atoms with Gasteiger partial charge in [-0.1, -0.05) is 60.7 Å². The van der Waals surface area contributed by atoms with E-state index in [1.165, 1.54) is 19.2 Å². The number of amides is 3. The first-order chi connectivity index (χ1) is 24.2. The highest BCUT2D eigenvalue weighted by Gasteiger charge is 2.21. The van der Waals surface area contributed by atoms with E-state index in [1.807, 2.05) is 68.4 Å². The Morgan fingerprint density at radius 3 is 1.86 bits per heavy atom. The van der Waals surface area contributed by atoms with Crippen molar-refractivity contribution in [3.8, 4) is 11.5 Å². The van der Waals surface area contributed by atoms with Gasteiger partial charge < -0.3 is 25.8 Å². The van der Waals surface area contributed by atoms with E-state index < -0.39 is 11.7 Å². The summed E-state index contributed by atoms with van der Waals surface area (Å²) in [5, 5.41) is 29.8. The van der Waals surface area contributed by atoms with E-state index in [4.69, 9.17) is 4.74 Å². The summed E-state index contributed by atoms with van der Waals surface area (Å²) in [6.45, 7) is 3.76. The van der Waals surface area contributed by atoms with E-state index >= 15 is 0 Å². The first-order valence-corrected chi connectivity index (χ1v) is 15.7. The highest BCUT2D eigenvalue weighted by atomic mass is 16.5. The van der Waals surface area contributed by atoms with Crippen molar-refractivity contribution in [2.75, 3.05) is 23.1 Å². The van der Waals surface area contributed by atoms with E-state index in [0.29, 0.717) is 44.7 Å². The van der Waals surface area contributed by atoms with Gasteiger partial charge in [-0.3, -0.25) is 14.4 Å². The highest BCUT2D eigenvalue weighted by Crippen LogP contribution is 2.41. The maximum Gasteiger partial charge on any atom is 0.259 e. The minimum atomic E-state index is -0.581. The summed E-state index contributed by atoms with van der Waals surface area (Å²) in [5.74, 6) is -1.38.